The summed E-state index contributed by atoms with van der Waals surface area (Å²) in [4.78, 5) is 14.5. The molecule has 0 aliphatic carbocycles. The number of benzene rings is 2. The van der Waals surface area contributed by atoms with Crippen molar-refractivity contribution in [1.82, 2.24) is 0 Å². The van der Waals surface area contributed by atoms with E-state index < -0.39 is 6.10 Å². The molecular weight excluding hydrogens is 262 g/mol. The Labute approximate surface area is 124 Å². The van der Waals surface area contributed by atoms with Gasteiger partial charge in [0.1, 0.15) is 0 Å². The Hall–Kier alpha value is -2.13. The van der Waals surface area contributed by atoms with Crippen molar-refractivity contribution in [2.45, 2.75) is 25.9 Å². The maximum absolute atomic E-state index is 12.6. The van der Waals surface area contributed by atoms with Crippen LogP contribution in [0.5, 0.6) is 0 Å². The highest BCUT2D eigenvalue weighted by Crippen LogP contribution is 2.36. The molecule has 0 bridgehead atoms. The summed E-state index contributed by atoms with van der Waals surface area (Å²) in [6, 6.07) is 15.6. The van der Waals surface area contributed by atoms with Crippen molar-refractivity contribution < 1.29 is 9.90 Å². The third-order valence-corrected chi connectivity index (χ3v) is 4.02. The van der Waals surface area contributed by atoms with E-state index in [2.05, 4.69) is 0 Å². The fourth-order valence-electron chi connectivity index (χ4n) is 2.95. The average Bonchev–Trinajstić information content (AvgIpc) is 2.49. The highest BCUT2D eigenvalue weighted by Gasteiger charge is 2.28. The Kier molecular flexibility index (Phi) is 3.76. The van der Waals surface area contributed by atoms with Crippen LogP contribution in [0.2, 0.25) is 0 Å². The molecule has 0 saturated heterocycles. The van der Waals surface area contributed by atoms with Gasteiger partial charge in [-0.05, 0) is 24.5 Å². The van der Waals surface area contributed by atoms with Crippen molar-refractivity contribution in [2.75, 3.05) is 11.4 Å². The van der Waals surface area contributed by atoms with Crippen LogP contribution in [0.25, 0.3) is 0 Å². The van der Waals surface area contributed by atoms with Gasteiger partial charge in [0.2, 0.25) is 5.91 Å². The zero-order valence-electron chi connectivity index (χ0n) is 12.1. The Morgan fingerprint density at radius 2 is 1.95 bits per heavy atom. The molecule has 0 radical (unpaired) electrons. The molecular formula is C18H19NO2. The molecule has 1 aliphatic rings. The second-order valence-corrected chi connectivity index (χ2v) is 5.52. The van der Waals surface area contributed by atoms with Crippen molar-refractivity contribution in [3.8, 4) is 0 Å². The first-order chi connectivity index (χ1) is 10.2. The van der Waals surface area contributed by atoms with E-state index in [1.807, 2.05) is 60.4 Å². The molecule has 1 amide bonds. The van der Waals surface area contributed by atoms with E-state index in [-0.39, 0.29) is 5.91 Å². The number of aliphatic hydroxyl groups is 1. The molecule has 1 heterocycles. The predicted octanol–water partition coefficient (Wildman–Crippen LogP) is 3.01. The molecule has 3 rings (SSSR count). The number of carbonyl (C=O) groups is 1. The van der Waals surface area contributed by atoms with Crippen LogP contribution in [0.15, 0.2) is 48.5 Å². The highest BCUT2D eigenvalue weighted by atomic mass is 16.3. The molecule has 0 aromatic heterocycles. The molecule has 0 spiro atoms. The van der Waals surface area contributed by atoms with E-state index in [1.165, 1.54) is 0 Å². The Bertz CT molecular complexity index is 652. The number of aryl methyl sites for hydroxylation is 1. The topological polar surface area (TPSA) is 40.5 Å². The van der Waals surface area contributed by atoms with Gasteiger partial charge in [0.25, 0.3) is 0 Å². The first kappa shape index (κ1) is 13.8. The van der Waals surface area contributed by atoms with E-state index >= 15 is 0 Å². The summed E-state index contributed by atoms with van der Waals surface area (Å²) in [5, 5.41) is 10.1. The fraction of sp³-hybridized carbons (Fsp3) is 0.278. The molecule has 0 fully saturated rings. The summed E-state index contributed by atoms with van der Waals surface area (Å²) in [7, 11) is 0. The van der Waals surface area contributed by atoms with Gasteiger partial charge in [0, 0.05) is 12.1 Å². The number of hydrogen-bond acceptors (Lipinski definition) is 2. The van der Waals surface area contributed by atoms with Crippen LogP contribution in [-0.2, 0) is 11.2 Å². The standard InChI is InChI=1S/C18H19NO2/c1-13-6-5-9-15-16(20)10-11-19(18(13)15)17(21)12-14-7-3-2-4-8-14/h2-9,16,20H,10-12H2,1H3. The smallest absolute Gasteiger partial charge is 0.231 e. The number of anilines is 1. The molecule has 1 atom stereocenters. The van der Waals surface area contributed by atoms with Crippen LogP contribution in [0.4, 0.5) is 5.69 Å². The lowest BCUT2D eigenvalue weighted by Gasteiger charge is -2.33. The summed E-state index contributed by atoms with van der Waals surface area (Å²) < 4.78 is 0. The normalized spacial score (nSPS) is 17.4. The molecule has 1 aliphatic heterocycles. The maximum Gasteiger partial charge on any atom is 0.231 e. The lowest BCUT2D eigenvalue weighted by atomic mass is 9.95. The number of nitrogens with zero attached hydrogens (tertiary/aromatic N) is 1. The van der Waals surface area contributed by atoms with Crippen LogP contribution in [0.3, 0.4) is 0 Å². The molecule has 0 saturated carbocycles. The van der Waals surface area contributed by atoms with Crippen molar-refractivity contribution >= 4 is 11.6 Å². The minimum absolute atomic E-state index is 0.0867. The number of para-hydroxylation sites is 1. The van der Waals surface area contributed by atoms with Gasteiger partial charge in [-0.25, -0.2) is 0 Å². The number of fused-ring (bicyclic) bond motifs is 1. The number of amides is 1. The summed E-state index contributed by atoms with van der Waals surface area (Å²) in [6.07, 6.45) is 0.516. The van der Waals surface area contributed by atoms with Crippen molar-refractivity contribution in [2.24, 2.45) is 0 Å². The van der Waals surface area contributed by atoms with Crippen LogP contribution >= 0.6 is 0 Å². The second-order valence-electron chi connectivity index (χ2n) is 5.52. The summed E-state index contributed by atoms with van der Waals surface area (Å²) in [6.45, 7) is 2.56. The third kappa shape index (κ3) is 2.69. The zero-order valence-corrected chi connectivity index (χ0v) is 12.1. The second kappa shape index (κ2) is 5.70. The van der Waals surface area contributed by atoms with Crippen molar-refractivity contribution in [3.05, 3.63) is 65.2 Å². The van der Waals surface area contributed by atoms with Crippen molar-refractivity contribution in [3.63, 3.8) is 0 Å². The lowest BCUT2D eigenvalue weighted by molar-refractivity contribution is -0.118. The first-order valence-corrected chi connectivity index (χ1v) is 7.28. The zero-order chi connectivity index (χ0) is 14.8. The summed E-state index contributed by atoms with van der Waals surface area (Å²) in [5.74, 6) is 0.0867. The van der Waals surface area contributed by atoms with Gasteiger partial charge in [-0.1, -0.05) is 48.5 Å². The Morgan fingerprint density at radius 1 is 1.19 bits per heavy atom. The molecule has 3 nitrogen and oxygen atoms in total. The highest BCUT2D eigenvalue weighted by molar-refractivity contribution is 5.96. The summed E-state index contributed by atoms with van der Waals surface area (Å²) in [5.41, 5.74) is 3.80. The van der Waals surface area contributed by atoms with Gasteiger partial charge < -0.3 is 10.0 Å². The van der Waals surface area contributed by atoms with Crippen LogP contribution in [-0.4, -0.2) is 17.6 Å². The Balaban J connectivity index is 1.90. The largest absolute Gasteiger partial charge is 0.388 e. The van der Waals surface area contributed by atoms with Crippen molar-refractivity contribution in [1.29, 1.82) is 0 Å². The number of carbonyl (C=O) groups excluding carboxylic acids is 1. The van der Waals surface area contributed by atoms with Gasteiger partial charge in [-0.3, -0.25) is 4.79 Å². The third-order valence-electron chi connectivity index (χ3n) is 4.02. The van der Waals surface area contributed by atoms with Gasteiger partial charge in [0.15, 0.2) is 0 Å². The number of hydrogen-bond donors (Lipinski definition) is 1. The van der Waals surface area contributed by atoms with Gasteiger partial charge in [-0.2, -0.15) is 0 Å². The minimum Gasteiger partial charge on any atom is -0.388 e. The number of rotatable bonds is 2. The summed E-state index contributed by atoms with van der Waals surface area (Å²) >= 11 is 0. The monoisotopic (exact) mass is 281 g/mol. The van der Waals surface area contributed by atoms with E-state index in [0.29, 0.717) is 19.4 Å². The van der Waals surface area contributed by atoms with E-state index in [9.17, 15) is 9.90 Å². The van der Waals surface area contributed by atoms with Gasteiger partial charge >= 0.3 is 0 Å². The van der Waals surface area contributed by atoms with Crippen LogP contribution < -0.4 is 4.90 Å². The maximum atomic E-state index is 12.6. The SMILES string of the molecule is Cc1cccc2c1N(C(=O)Cc1ccccc1)CCC2O. The van der Waals surface area contributed by atoms with Crippen LogP contribution in [0.1, 0.15) is 29.2 Å². The predicted molar refractivity (Wildman–Crippen MR) is 83.3 cm³/mol. The van der Waals surface area contributed by atoms with E-state index in [0.717, 1.165) is 22.4 Å². The van der Waals surface area contributed by atoms with E-state index in [4.69, 9.17) is 0 Å². The molecule has 1 N–H and O–H groups in total. The van der Waals surface area contributed by atoms with Gasteiger partial charge in [0.05, 0.1) is 18.2 Å². The molecule has 21 heavy (non-hydrogen) atoms. The quantitative estimate of drug-likeness (QED) is 0.919. The van der Waals surface area contributed by atoms with Crippen LogP contribution in [0, 0.1) is 6.92 Å². The average molecular weight is 281 g/mol. The molecule has 1 unspecified atom stereocenters. The molecule has 2 aromatic carbocycles. The minimum atomic E-state index is -0.472. The Morgan fingerprint density at radius 3 is 2.71 bits per heavy atom. The van der Waals surface area contributed by atoms with Gasteiger partial charge in [-0.15, -0.1) is 0 Å². The number of aliphatic hydroxyl groups excluding tert-OH is 1. The molecule has 3 heteroatoms. The lowest BCUT2D eigenvalue weighted by Crippen LogP contribution is -2.38. The molecule has 2 aromatic rings. The molecule has 108 valence electrons. The fourth-order valence-corrected chi connectivity index (χ4v) is 2.95. The van der Waals surface area contributed by atoms with E-state index in [1.54, 1.807) is 0 Å². The first-order valence-electron chi connectivity index (χ1n) is 7.28.